The first-order valence-corrected chi connectivity index (χ1v) is 6.58. The topological polar surface area (TPSA) is 52.6 Å². The number of esters is 2. The molecule has 0 heterocycles. The largest absolute Gasteiger partial charge is 0.457 e. The molecule has 0 aromatic rings. The zero-order valence-electron chi connectivity index (χ0n) is 10.6. The molecule has 0 N–H and O–H groups in total. The number of ether oxygens (including phenoxy) is 2. The van der Waals surface area contributed by atoms with Gasteiger partial charge in [-0.1, -0.05) is 32.6 Å². The van der Waals surface area contributed by atoms with E-state index in [-0.39, 0.29) is 0 Å². The van der Waals surface area contributed by atoms with Crippen LogP contribution < -0.4 is 0 Å². The molecule has 1 saturated carbocycles. The van der Waals surface area contributed by atoms with Crippen molar-refractivity contribution in [3.63, 3.8) is 0 Å². The van der Waals surface area contributed by atoms with Crippen LogP contribution in [0.15, 0.2) is 0 Å². The van der Waals surface area contributed by atoms with E-state index in [0.717, 1.165) is 25.7 Å². The molecule has 0 saturated heterocycles. The second-order valence-corrected chi connectivity index (χ2v) is 4.59. The molecular formula is C13H22O4. The Balaban J connectivity index is 2.12. The standard InChI is InChI=1S/C13H22O4/c1-2-3-9-16-12(14)13(15)17-10-11-7-5-4-6-8-11/h11H,2-10H2,1H3. The van der Waals surface area contributed by atoms with E-state index in [4.69, 9.17) is 9.47 Å². The fourth-order valence-electron chi connectivity index (χ4n) is 1.97. The van der Waals surface area contributed by atoms with Gasteiger partial charge in [0, 0.05) is 0 Å². The smallest absolute Gasteiger partial charge is 0.417 e. The van der Waals surface area contributed by atoms with E-state index >= 15 is 0 Å². The van der Waals surface area contributed by atoms with Crippen molar-refractivity contribution >= 4 is 11.9 Å². The van der Waals surface area contributed by atoms with E-state index in [2.05, 4.69) is 0 Å². The quantitative estimate of drug-likeness (QED) is 0.422. The molecule has 1 rings (SSSR count). The Kier molecular flexibility index (Phi) is 6.67. The van der Waals surface area contributed by atoms with Crippen LogP contribution in [0.2, 0.25) is 0 Å². The molecule has 17 heavy (non-hydrogen) atoms. The highest BCUT2D eigenvalue weighted by molar-refractivity contribution is 6.29. The van der Waals surface area contributed by atoms with E-state index < -0.39 is 11.9 Å². The molecule has 0 aliphatic heterocycles. The Morgan fingerprint density at radius 3 is 2.35 bits per heavy atom. The maximum Gasteiger partial charge on any atom is 0.417 e. The molecule has 0 spiro atoms. The summed E-state index contributed by atoms with van der Waals surface area (Å²) < 4.78 is 9.73. The van der Waals surface area contributed by atoms with Gasteiger partial charge in [-0.2, -0.15) is 0 Å². The van der Waals surface area contributed by atoms with Crippen LogP contribution in [0.25, 0.3) is 0 Å². The number of carbonyl (C=O) groups excluding carboxylic acids is 2. The van der Waals surface area contributed by atoms with Gasteiger partial charge in [0.2, 0.25) is 0 Å². The van der Waals surface area contributed by atoms with Gasteiger partial charge in [-0.15, -0.1) is 0 Å². The lowest BCUT2D eigenvalue weighted by Crippen LogP contribution is -2.24. The van der Waals surface area contributed by atoms with Gasteiger partial charge in [0.15, 0.2) is 0 Å². The summed E-state index contributed by atoms with van der Waals surface area (Å²) in [5.74, 6) is -1.27. The van der Waals surface area contributed by atoms with E-state index in [9.17, 15) is 9.59 Å². The van der Waals surface area contributed by atoms with Crippen molar-refractivity contribution in [3.05, 3.63) is 0 Å². The third-order valence-electron chi connectivity index (χ3n) is 3.07. The van der Waals surface area contributed by atoms with Crippen molar-refractivity contribution in [2.24, 2.45) is 5.92 Å². The van der Waals surface area contributed by atoms with Crippen molar-refractivity contribution in [1.29, 1.82) is 0 Å². The molecule has 1 aliphatic rings. The van der Waals surface area contributed by atoms with Gasteiger partial charge in [-0.25, -0.2) is 9.59 Å². The summed E-state index contributed by atoms with van der Waals surface area (Å²) in [5.41, 5.74) is 0. The Morgan fingerprint density at radius 1 is 1.06 bits per heavy atom. The lowest BCUT2D eigenvalue weighted by atomic mass is 9.90. The van der Waals surface area contributed by atoms with Gasteiger partial charge in [0.25, 0.3) is 0 Å². The molecule has 0 unspecified atom stereocenters. The Bertz CT molecular complexity index is 244. The Morgan fingerprint density at radius 2 is 1.71 bits per heavy atom. The van der Waals surface area contributed by atoms with Crippen molar-refractivity contribution in [2.45, 2.75) is 51.9 Å². The SMILES string of the molecule is CCCCOC(=O)C(=O)OCC1CCCCC1. The first kappa shape index (κ1) is 14.0. The van der Waals surface area contributed by atoms with E-state index in [1.165, 1.54) is 19.3 Å². The van der Waals surface area contributed by atoms with Crippen molar-refractivity contribution in [3.8, 4) is 0 Å². The third kappa shape index (κ3) is 5.71. The van der Waals surface area contributed by atoms with Gasteiger partial charge in [-0.05, 0) is 25.2 Å². The molecule has 0 bridgehead atoms. The van der Waals surface area contributed by atoms with Crippen LogP contribution in [0.1, 0.15) is 51.9 Å². The number of carbonyl (C=O) groups is 2. The summed E-state index contributed by atoms with van der Waals surface area (Å²) >= 11 is 0. The van der Waals surface area contributed by atoms with E-state index in [1.807, 2.05) is 6.92 Å². The highest BCUT2D eigenvalue weighted by Gasteiger charge is 2.20. The molecule has 98 valence electrons. The number of hydrogen-bond acceptors (Lipinski definition) is 4. The molecule has 1 aliphatic carbocycles. The molecule has 0 aromatic carbocycles. The zero-order chi connectivity index (χ0) is 12.5. The summed E-state index contributed by atoms with van der Waals surface area (Å²) in [7, 11) is 0. The second-order valence-electron chi connectivity index (χ2n) is 4.59. The zero-order valence-corrected chi connectivity index (χ0v) is 10.6. The van der Waals surface area contributed by atoms with Crippen molar-refractivity contribution in [2.75, 3.05) is 13.2 Å². The molecular weight excluding hydrogens is 220 g/mol. The molecule has 1 fully saturated rings. The molecule has 0 aromatic heterocycles. The molecule has 4 nitrogen and oxygen atoms in total. The van der Waals surface area contributed by atoms with Crippen LogP contribution in [0.5, 0.6) is 0 Å². The number of unbranched alkanes of at least 4 members (excludes halogenated alkanes) is 1. The number of hydrogen-bond donors (Lipinski definition) is 0. The van der Waals surface area contributed by atoms with Gasteiger partial charge >= 0.3 is 11.9 Å². The first-order valence-electron chi connectivity index (χ1n) is 6.58. The molecule has 4 heteroatoms. The Labute approximate surface area is 103 Å². The lowest BCUT2D eigenvalue weighted by molar-refractivity contribution is -0.168. The van der Waals surface area contributed by atoms with Crippen LogP contribution in [-0.2, 0) is 19.1 Å². The maximum absolute atomic E-state index is 11.3. The fourth-order valence-corrected chi connectivity index (χ4v) is 1.97. The van der Waals surface area contributed by atoms with Gasteiger partial charge < -0.3 is 9.47 Å². The minimum absolute atomic E-state index is 0.299. The highest BCUT2D eigenvalue weighted by Crippen LogP contribution is 2.23. The summed E-state index contributed by atoms with van der Waals surface area (Å²) in [4.78, 5) is 22.5. The molecule has 0 amide bonds. The maximum atomic E-state index is 11.3. The van der Waals surface area contributed by atoms with Crippen LogP contribution in [0, 0.1) is 5.92 Å². The minimum Gasteiger partial charge on any atom is -0.457 e. The van der Waals surface area contributed by atoms with Crippen molar-refractivity contribution in [1.82, 2.24) is 0 Å². The summed E-state index contributed by atoms with van der Waals surface area (Å²) in [6, 6.07) is 0. The van der Waals surface area contributed by atoms with Gasteiger partial charge in [0.1, 0.15) is 0 Å². The summed E-state index contributed by atoms with van der Waals surface area (Å²) in [6.45, 7) is 2.66. The van der Waals surface area contributed by atoms with Crippen LogP contribution in [0.3, 0.4) is 0 Å². The predicted octanol–water partition coefficient (Wildman–Crippen LogP) is 2.45. The van der Waals surface area contributed by atoms with Gasteiger partial charge in [-0.3, -0.25) is 0 Å². The van der Waals surface area contributed by atoms with Gasteiger partial charge in [0.05, 0.1) is 13.2 Å². The summed E-state index contributed by atoms with van der Waals surface area (Å²) in [5, 5.41) is 0. The van der Waals surface area contributed by atoms with Crippen LogP contribution in [0.4, 0.5) is 0 Å². The van der Waals surface area contributed by atoms with Crippen molar-refractivity contribution < 1.29 is 19.1 Å². The first-order chi connectivity index (χ1) is 8.24. The predicted molar refractivity (Wildman–Crippen MR) is 63.4 cm³/mol. The average molecular weight is 242 g/mol. The monoisotopic (exact) mass is 242 g/mol. The number of rotatable bonds is 5. The molecule has 0 atom stereocenters. The van der Waals surface area contributed by atoms with E-state index in [1.54, 1.807) is 0 Å². The normalized spacial score (nSPS) is 16.5. The lowest BCUT2D eigenvalue weighted by Gasteiger charge is -2.20. The second kappa shape index (κ2) is 8.09. The Hall–Kier alpha value is -1.06. The fraction of sp³-hybridized carbons (Fsp3) is 0.846. The highest BCUT2D eigenvalue weighted by atomic mass is 16.6. The average Bonchev–Trinajstić information content (AvgIpc) is 2.37. The van der Waals surface area contributed by atoms with Crippen LogP contribution >= 0.6 is 0 Å². The third-order valence-corrected chi connectivity index (χ3v) is 3.07. The van der Waals surface area contributed by atoms with E-state index in [0.29, 0.717) is 19.1 Å². The van der Waals surface area contributed by atoms with Crippen LogP contribution in [-0.4, -0.2) is 25.2 Å². The summed E-state index contributed by atoms with van der Waals surface area (Å²) in [6.07, 6.45) is 7.57. The molecule has 0 radical (unpaired) electrons. The minimum atomic E-state index is -0.853.